The number of nitrogens with zero attached hydrogens (tertiary/aromatic N) is 4. The van der Waals surface area contributed by atoms with E-state index in [2.05, 4.69) is 25.3 Å². The molecule has 0 saturated heterocycles. The molecule has 0 bridgehead atoms. The number of halogens is 1. The van der Waals surface area contributed by atoms with E-state index < -0.39 is 11.5 Å². The monoisotopic (exact) mass is 380 g/mol. The van der Waals surface area contributed by atoms with Crippen LogP contribution in [0.2, 0.25) is 0 Å². The average molecular weight is 380 g/mol. The van der Waals surface area contributed by atoms with Gasteiger partial charge in [0, 0.05) is 41.1 Å². The summed E-state index contributed by atoms with van der Waals surface area (Å²) in [5.74, 6) is 0.175. The van der Waals surface area contributed by atoms with E-state index in [9.17, 15) is 9.50 Å². The average Bonchev–Trinajstić information content (AvgIpc) is 3.27. The van der Waals surface area contributed by atoms with Crippen LogP contribution in [0.25, 0.3) is 27.8 Å². The molecule has 0 spiro atoms. The number of hydrogen-bond acceptors (Lipinski definition) is 5. The van der Waals surface area contributed by atoms with E-state index in [-0.39, 0.29) is 6.04 Å². The lowest BCUT2D eigenvalue weighted by Crippen LogP contribution is -2.36. The molecule has 3 N–H and O–H groups in total. The van der Waals surface area contributed by atoms with Crippen molar-refractivity contribution >= 4 is 22.6 Å². The molecule has 1 saturated carbocycles. The number of hydrogen-bond donors (Lipinski definition) is 3. The fourth-order valence-electron chi connectivity index (χ4n) is 3.89. The standard InChI is InChI=1S/C20H21FN6O/c1-20(28)6-4-13(5-7-20)25-19-24-9-15-14(8-23-18(15)26-19)12-2-3-17-22-10-16(21)27(17)11-12/h2-3,8-11,13,28H,4-7H2,1H3,(H2,23,24,25,26)/t13-,20+. The Morgan fingerprint density at radius 1 is 1.25 bits per heavy atom. The maximum absolute atomic E-state index is 13.8. The minimum atomic E-state index is -0.562. The lowest BCUT2D eigenvalue weighted by Gasteiger charge is -2.33. The minimum absolute atomic E-state index is 0.263. The molecule has 5 rings (SSSR count). The van der Waals surface area contributed by atoms with Crippen LogP contribution >= 0.6 is 0 Å². The van der Waals surface area contributed by atoms with Gasteiger partial charge in [0.2, 0.25) is 11.9 Å². The molecule has 1 aliphatic rings. The van der Waals surface area contributed by atoms with Crippen LogP contribution < -0.4 is 5.32 Å². The number of anilines is 1. The summed E-state index contributed by atoms with van der Waals surface area (Å²) in [7, 11) is 0. The van der Waals surface area contributed by atoms with Crippen molar-refractivity contribution in [3.05, 3.63) is 42.9 Å². The van der Waals surface area contributed by atoms with Crippen molar-refractivity contribution in [3.63, 3.8) is 0 Å². The number of H-pyrrole nitrogens is 1. The van der Waals surface area contributed by atoms with Gasteiger partial charge in [-0.25, -0.2) is 9.97 Å². The van der Waals surface area contributed by atoms with Crippen molar-refractivity contribution in [3.8, 4) is 11.1 Å². The lowest BCUT2D eigenvalue weighted by molar-refractivity contribution is 0.0196. The number of aromatic nitrogens is 5. The fourth-order valence-corrected chi connectivity index (χ4v) is 3.89. The highest BCUT2D eigenvalue weighted by Crippen LogP contribution is 2.31. The van der Waals surface area contributed by atoms with E-state index in [1.807, 2.05) is 19.2 Å². The first-order valence-corrected chi connectivity index (χ1v) is 9.45. The summed E-state index contributed by atoms with van der Waals surface area (Å²) in [6, 6.07) is 3.95. The van der Waals surface area contributed by atoms with Crippen molar-refractivity contribution in [2.24, 2.45) is 0 Å². The van der Waals surface area contributed by atoms with Crippen molar-refractivity contribution in [2.45, 2.75) is 44.2 Å². The summed E-state index contributed by atoms with van der Waals surface area (Å²) in [6.07, 6.45) is 9.89. The molecular weight excluding hydrogens is 359 g/mol. The Bertz CT molecular complexity index is 1150. The number of aliphatic hydroxyl groups is 1. The van der Waals surface area contributed by atoms with Gasteiger partial charge in [-0.3, -0.25) is 4.40 Å². The lowest BCUT2D eigenvalue weighted by atomic mass is 9.84. The molecule has 0 unspecified atom stereocenters. The summed E-state index contributed by atoms with van der Waals surface area (Å²) in [4.78, 5) is 16.3. The summed E-state index contributed by atoms with van der Waals surface area (Å²) in [5, 5.41) is 14.3. The quantitative estimate of drug-likeness (QED) is 0.506. The van der Waals surface area contributed by atoms with E-state index in [1.165, 1.54) is 10.6 Å². The summed E-state index contributed by atoms with van der Waals surface area (Å²) in [6.45, 7) is 1.89. The van der Waals surface area contributed by atoms with Crippen LogP contribution in [0.3, 0.4) is 0 Å². The third-order valence-electron chi connectivity index (χ3n) is 5.60. The highest BCUT2D eigenvalue weighted by molar-refractivity contribution is 5.93. The third-order valence-corrected chi connectivity index (χ3v) is 5.60. The van der Waals surface area contributed by atoms with E-state index in [4.69, 9.17) is 0 Å². The van der Waals surface area contributed by atoms with Gasteiger partial charge in [-0.05, 0) is 44.7 Å². The van der Waals surface area contributed by atoms with E-state index in [1.54, 1.807) is 18.5 Å². The van der Waals surface area contributed by atoms with Crippen LogP contribution in [0.4, 0.5) is 10.3 Å². The molecule has 4 heterocycles. The summed E-state index contributed by atoms with van der Waals surface area (Å²) in [5.41, 5.74) is 2.49. The normalized spacial score (nSPS) is 22.8. The zero-order valence-corrected chi connectivity index (χ0v) is 15.5. The Kier molecular flexibility index (Phi) is 3.83. The van der Waals surface area contributed by atoms with Gasteiger partial charge in [0.1, 0.15) is 11.3 Å². The smallest absolute Gasteiger partial charge is 0.224 e. The number of fused-ring (bicyclic) bond motifs is 2. The summed E-state index contributed by atoms with van der Waals surface area (Å²) < 4.78 is 15.3. The molecule has 8 heteroatoms. The molecule has 7 nitrogen and oxygen atoms in total. The number of imidazole rings is 1. The number of pyridine rings is 1. The summed E-state index contributed by atoms with van der Waals surface area (Å²) >= 11 is 0. The van der Waals surface area contributed by atoms with Gasteiger partial charge < -0.3 is 15.4 Å². The number of aromatic amines is 1. The van der Waals surface area contributed by atoms with Crippen molar-refractivity contribution in [1.29, 1.82) is 0 Å². The fraction of sp³-hybridized carbons (Fsp3) is 0.350. The predicted molar refractivity (Wildman–Crippen MR) is 105 cm³/mol. The molecule has 0 aromatic carbocycles. The Hall–Kier alpha value is -3.00. The molecule has 0 amide bonds. The molecule has 0 atom stereocenters. The second-order valence-corrected chi connectivity index (χ2v) is 7.80. The van der Waals surface area contributed by atoms with Gasteiger partial charge in [-0.15, -0.1) is 0 Å². The number of nitrogens with one attached hydrogen (secondary N) is 2. The third kappa shape index (κ3) is 2.99. The highest BCUT2D eigenvalue weighted by Gasteiger charge is 2.28. The number of rotatable bonds is 3. The molecule has 4 aromatic heterocycles. The second kappa shape index (κ2) is 6.27. The molecule has 4 aromatic rings. The second-order valence-electron chi connectivity index (χ2n) is 7.80. The minimum Gasteiger partial charge on any atom is -0.390 e. The Balaban J connectivity index is 1.42. The SMILES string of the molecule is C[C@]1(O)CC[C@@H](Nc2ncc3c(-c4ccc5ncc(F)n5c4)c[nH]c3n2)CC1. The molecule has 144 valence electrons. The van der Waals surface area contributed by atoms with Crippen LogP contribution in [0.5, 0.6) is 0 Å². The van der Waals surface area contributed by atoms with Gasteiger partial charge in [-0.1, -0.05) is 0 Å². The molecular formula is C20H21FN6O. The van der Waals surface area contributed by atoms with Gasteiger partial charge >= 0.3 is 0 Å². The van der Waals surface area contributed by atoms with E-state index in [0.717, 1.165) is 47.8 Å². The maximum Gasteiger partial charge on any atom is 0.224 e. The Morgan fingerprint density at radius 2 is 2.07 bits per heavy atom. The largest absolute Gasteiger partial charge is 0.390 e. The molecule has 0 radical (unpaired) electrons. The van der Waals surface area contributed by atoms with Crippen LogP contribution in [0.1, 0.15) is 32.6 Å². The Morgan fingerprint density at radius 3 is 2.89 bits per heavy atom. The first kappa shape index (κ1) is 17.1. The van der Waals surface area contributed by atoms with Crippen LogP contribution in [0, 0.1) is 5.95 Å². The van der Waals surface area contributed by atoms with Crippen molar-refractivity contribution < 1.29 is 9.50 Å². The van der Waals surface area contributed by atoms with E-state index in [0.29, 0.717) is 11.6 Å². The zero-order valence-electron chi connectivity index (χ0n) is 15.5. The van der Waals surface area contributed by atoms with Gasteiger partial charge in [0.15, 0.2) is 0 Å². The highest BCUT2D eigenvalue weighted by atomic mass is 19.1. The first-order valence-electron chi connectivity index (χ1n) is 9.45. The van der Waals surface area contributed by atoms with Crippen molar-refractivity contribution in [2.75, 3.05) is 5.32 Å². The topological polar surface area (TPSA) is 91.1 Å². The van der Waals surface area contributed by atoms with Crippen molar-refractivity contribution in [1.82, 2.24) is 24.3 Å². The van der Waals surface area contributed by atoms with Crippen LogP contribution in [-0.4, -0.2) is 41.1 Å². The Labute approximate surface area is 160 Å². The molecule has 1 fully saturated rings. The molecule has 0 aliphatic heterocycles. The molecule has 28 heavy (non-hydrogen) atoms. The van der Waals surface area contributed by atoms with Crippen LogP contribution in [-0.2, 0) is 0 Å². The maximum atomic E-state index is 13.8. The molecule has 1 aliphatic carbocycles. The van der Waals surface area contributed by atoms with Gasteiger partial charge in [0.05, 0.1) is 11.8 Å². The predicted octanol–water partition coefficient (Wildman–Crippen LogP) is 3.52. The van der Waals surface area contributed by atoms with E-state index >= 15 is 0 Å². The van der Waals surface area contributed by atoms with Gasteiger partial charge in [0.25, 0.3) is 0 Å². The van der Waals surface area contributed by atoms with Gasteiger partial charge in [-0.2, -0.15) is 9.37 Å². The zero-order chi connectivity index (χ0) is 19.3. The first-order chi connectivity index (χ1) is 13.5. The van der Waals surface area contributed by atoms with Crippen LogP contribution in [0.15, 0.2) is 36.9 Å².